The van der Waals surface area contributed by atoms with E-state index in [1.165, 1.54) is 0 Å². The molecule has 122 valence electrons. The van der Waals surface area contributed by atoms with Gasteiger partial charge in [-0.3, -0.25) is 0 Å². The first-order chi connectivity index (χ1) is 12.8. The van der Waals surface area contributed by atoms with Gasteiger partial charge < -0.3 is 0 Å². The molecule has 4 rings (SSSR count). The van der Waals surface area contributed by atoms with Crippen LogP contribution in [0.4, 0.5) is 0 Å². The molecule has 4 aromatic rings. The maximum Gasteiger partial charge on any atom is 0.164 e. The van der Waals surface area contributed by atoms with Crippen LogP contribution in [0.2, 0.25) is 0 Å². The van der Waals surface area contributed by atoms with Gasteiger partial charge in [-0.05, 0) is 24.3 Å². The van der Waals surface area contributed by atoms with Crippen LogP contribution in [-0.2, 0) is 0 Å². The first kappa shape index (κ1) is 15.7. The molecule has 26 heavy (non-hydrogen) atoms. The molecule has 3 aromatic carbocycles. The Kier molecular flexibility index (Phi) is 4.24. The highest BCUT2D eigenvalue weighted by Crippen LogP contribution is 2.24. The van der Waals surface area contributed by atoms with Crippen LogP contribution < -0.4 is 0 Å². The number of benzene rings is 3. The van der Waals surface area contributed by atoms with E-state index in [0.29, 0.717) is 17.5 Å². The average Bonchev–Trinajstić information content (AvgIpc) is 2.75. The van der Waals surface area contributed by atoms with E-state index in [1.807, 2.05) is 84.9 Å². The molecule has 0 atom stereocenters. The molecule has 0 aliphatic heterocycles. The predicted molar refractivity (Wildman–Crippen MR) is 104 cm³/mol. The third-order valence-corrected chi connectivity index (χ3v) is 4.01. The van der Waals surface area contributed by atoms with Crippen LogP contribution in [0, 0.1) is 12.3 Å². The van der Waals surface area contributed by atoms with Gasteiger partial charge in [0.25, 0.3) is 0 Å². The quantitative estimate of drug-likeness (QED) is 0.503. The Bertz CT molecular complexity index is 1010. The SMILES string of the molecule is C#Cc1ccc(-c2nc(-c3ccccc3)nc(-c3ccccc3)n2)cc1. The summed E-state index contributed by atoms with van der Waals surface area (Å²) in [6.45, 7) is 0. The Morgan fingerprint density at radius 1 is 0.500 bits per heavy atom. The second-order valence-electron chi connectivity index (χ2n) is 5.76. The highest BCUT2D eigenvalue weighted by atomic mass is 15.0. The number of hydrogen-bond donors (Lipinski definition) is 0. The normalized spacial score (nSPS) is 10.3. The number of nitrogens with zero attached hydrogens (tertiary/aromatic N) is 3. The summed E-state index contributed by atoms with van der Waals surface area (Å²) in [7, 11) is 0. The van der Waals surface area contributed by atoms with Crippen molar-refractivity contribution in [1.29, 1.82) is 0 Å². The lowest BCUT2D eigenvalue weighted by Crippen LogP contribution is -2.00. The Labute approximate surface area is 152 Å². The molecule has 0 bridgehead atoms. The molecule has 0 fully saturated rings. The summed E-state index contributed by atoms with van der Waals surface area (Å²) in [6, 6.07) is 27.5. The minimum absolute atomic E-state index is 0.626. The molecule has 1 heterocycles. The highest BCUT2D eigenvalue weighted by Gasteiger charge is 2.11. The van der Waals surface area contributed by atoms with Crippen LogP contribution in [0.3, 0.4) is 0 Å². The zero-order chi connectivity index (χ0) is 17.8. The fourth-order valence-corrected chi connectivity index (χ4v) is 2.65. The fourth-order valence-electron chi connectivity index (χ4n) is 2.65. The van der Waals surface area contributed by atoms with E-state index in [0.717, 1.165) is 22.3 Å². The van der Waals surface area contributed by atoms with Gasteiger partial charge in [0.1, 0.15) is 0 Å². The highest BCUT2D eigenvalue weighted by molar-refractivity contribution is 5.66. The van der Waals surface area contributed by atoms with Crippen molar-refractivity contribution >= 4 is 0 Å². The van der Waals surface area contributed by atoms with Crippen molar-refractivity contribution in [2.45, 2.75) is 0 Å². The van der Waals surface area contributed by atoms with E-state index >= 15 is 0 Å². The summed E-state index contributed by atoms with van der Waals surface area (Å²) >= 11 is 0. The monoisotopic (exact) mass is 333 g/mol. The van der Waals surface area contributed by atoms with Gasteiger partial charge in [-0.25, -0.2) is 15.0 Å². The van der Waals surface area contributed by atoms with Crippen LogP contribution in [0.5, 0.6) is 0 Å². The summed E-state index contributed by atoms with van der Waals surface area (Å²) in [5.41, 5.74) is 3.64. The van der Waals surface area contributed by atoms with Crippen LogP contribution in [0.1, 0.15) is 5.56 Å². The molecule has 0 saturated carbocycles. The number of terminal acetylenes is 1. The van der Waals surface area contributed by atoms with Gasteiger partial charge in [-0.1, -0.05) is 66.6 Å². The summed E-state index contributed by atoms with van der Waals surface area (Å²) in [4.78, 5) is 14.0. The third kappa shape index (κ3) is 3.22. The number of hydrogen-bond acceptors (Lipinski definition) is 3. The van der Waals surface area contributed by atoms with Gasteiger partial charge >= 0.3 is 0 Å². The van der Waals surface area contributed by atoms with Crippen LogP contribution in [0.15, 0.2) is 84.9 Å². The van der Waals surface area contributed by atoms with E-state index in [1.54, 1.807) is 0 Å². The van der Waals surface area contributed by atoms with Crippen molar-refractivity contribution in [1.82, 2.24) is 15.0 Å². The first-order valence-electron chi connectivity index (χ1n) is 8.27. The molecule has 0 unspecified atom stereocenters. The van der Waals surface area contributed by atoms with Gasteiger partial charge in [0.05, 0.1) is 0 Å². The first-order valence-corrected chi connectivity index (χ1v) is 8.27. The molecular weight excluding hydrogens is 318 g/mol. The van der Waals surface area contributed by atoms with Crippen LogP contribution in [-0.4, -0.2) is 15.0 Å². The Morgan fingerprint density at radius 2 is 0.885 bits per heavy atom. The smallest absolute Gasteiger partial charge is 0.164 e. The molecule has 0 aliphatic carbocycles. The number of aromatic nitrogens is 3. The maximum absolute atomic E-state index is 5.45. The second-order valence-corrected chi connectivity index (χ2v) is 5.76. The molecule has 0 aliphatic rings. The molecule has 0 N–H and O–H groups in total. The zero-order valence-electron chi connectivity index (χ0n) is 14.0. The van der Waals surface area contributed by atoms with Crippen molar-refractivity contribution in [3.63, 3.8) is 0 Å². The summed E-state index contributed by atoms with van der Waals surface area (Å²) < 4.78 is 0. The van der Waals surface area contributed by atoms with E-state index in [4.69, 9.17) is 6.42 Å². The minimum Gasteiger partial charge on any atom is -0.208 e. The second kappa shape index (κ2) is 7.00. The largest absolute Gasteiger partial charge is 0.208 e. The Balaban J connectivity index is 1.89. The van der Waals surface area contributed by atoms with E-state index in [2.05, 4.69) is 20.9 Å². The summed E-state index contributed by atoms with van der Waals surface area (Å²) in [6.07, 6.45) is 5.45. The van der Waals surface area contributed by atoms with Crippen LogP contribution >= 0.6 is 0 Å². The van der Waals surface area contributed by atoms with Crippen molar-refractivity contribution < 1.29 is 0 Å². The van der Waals surface area contributed by atoms with E-state index in [9.17, 15) is 0 Å². The standard InChI is InChI=1S/C23H15N3/c1-2-17-13-15-20(16-14-17)23-25-21(18-9-5-3-6-10-18)24-22(26-23)19-11-7-4-8-12-19/h1,3-16H. The number of rotatable bonds is 3. The van der Waals surface area contributed by atoms with Gasteiger partial charge in [-0.2, -0.15) is 0 Å². The van der Waals surface area contributed by atoms with Crippen molar-refractivity contribution in [2.75, 3.05) is 0 Å². The molecule has 0 saturated heterocycles. The molecule has 3 heteroatoms. The maximum atomic E-state index is 5.45. The van der Waals surface area contributed by atoms with Crippen LogP contribution in [0.25, 0.3) is 34.2 Å². The molecule has 0 spiro atoms. The van der Waals surface area contributed by atoms with Gasteiger partial charge in [0, 0.05) is 22.3 Å². The summed E-state index contributed by atoms with van der Waals surface area (Å²) in [5.74, 6) is 4.55. The average molecular weight is 333 g/mol. The van der Waals surface area contributed by atoms with Gasteiger partial charge in [0.2, 0.25) is 0 Å². The lowest BCUT2D eigenvalue weighted by Gasteiger charge is -2.08. The summed E-state index contributed by atoms with van der Waals surface area (Å²) in [5, 5.41) is 0. The van der Waals surface area contributed by atoms with E-state index in [-0.39, 0.29) is 0 Å². The lowest BCUT2D eigenvalue weighted by molar-refractivity contribution is 1.07. The Morgan fingerprint density at radius 3 is 1.27 bits per heavy atom. The zero-order valence-corrected chi connectivity index (χ0v) is 14.0. The molecule has 0 radical (unpaired) electrons. The van der Waals surface area contributed by atoms with Crippen molar-refractivity contribution in [2.24, 2.45) is 0 Å². The molecule has 1 aromatic heterocycles. The fraction of sp³-hybridized carbons (Fsp3) is 0. The Hall–Kier alpha value is -3.77. The molecule has 0 amide bonds. The third-order valence-electron chi connectivity index (χ3n) is 4.01. The van der Waals surface area contributed by atoms with E-state index < -0.39 is 0 Å². The molecule has 3 nitrogen and oxygen atoms in total. The minimum atomic E-state index is 0.626. The lowest BCUT2D eigenvalue weighted by atomic mass is 10.1. The van der Waals surface area contributed by atoms with Gasteiger partial charge in [0.15, 0.2) is 17.5 Å². The predicted octanol–water partition coefficient (Wildman–Crippen LogP) is 4.85. The van der Waals surface area contributed by atoms with Crippen molar-refractivity contribution in [3.8, 4) is 46.5 Å². The molecular formula is C23H15N3. The topological polar surface area (TPSA) is 38.7 Å². The van der Waals surface area contributed by atoms with Crippen molar-refractivity contribution in [3.05, 3.63) is 90.5 Å². The van der Waals surface area contributed by atoms with Gasteiger partial charge in [-0.15, -0.1) is 6.42 Å².